The third kappa shape index (κ3) is 14.8. The van der Waals surface area contributed by atoms with Crippen LogP contribution in [0.1, 0.15) is 107 Å². The number of carbonyl (C=O) groups excluding carboxylic acids is 2. The molecule has 7 heteroatoms. The Bertz CT molecular complexity index is 990. The Labute approximate surface area is 240 Å². The molecule has 0 radical (unpaired) electrons. The van der Waals surface area contributed by atoms with Crippen LogP contribution < -0.4 is 4.74 Å². The molecule has 40 heavy (non-hydrogen) atoms. The van der Waals surface area contributed by atoms with Gasteiger partial charge in [-0.05, 0) is 49.2 Å². The van der Waals surface area contributed by atoms with Gasteiger partial charge in [-0.25, -0.2) is 9.59 Å². The van der Waals surface area contributed by atoms with E-state index in [2.05, 4.69) is 11.9 Å². The monoisotopic (exact) mass is 553 g/mol. The summed E-state index contributed by atoms with van der Waals surface area (Å²) in [5.41, 5.74) is 1.52. The molecule has 0 aliphatic heterocycles. The van der Waals surface area contributed by atoms with Gasteiger partial charge in [0, 0.05) is 18.0 Å². The topological polar surface area (TPSA) is 95.0 Å². The molecule has 7 nitrogen and oxygen atoms in total. The van der Waals surface area contributed by atoms with Gasteiger partial charge in [0.1, 0.15) is 25.1 Å². The van der Waals surface area contributed by atoms with Crippen molar-refractivity contribution in [2.45, 2.75) is 97.0 Å². The minimum absolute atomic E-state index is 0.282. The van der Waals surface area contributed by atoms with Crippen LogP contribution in [0, 0.1) is 0 Å². The molecule has 0 fully saturated rings. The molecule has 0 saturated heterocycles. The number of unbranched alkanes of at least 4 members (excludes halogenated alkanes) is 11. The van der Waals surface area contributed by atoms with Gasteiger partial charge in [-0.1, -0.05) is 89.7 Å². The quantitative estimate of drug-likeness (QED) is 0.0982. The zero-order valence-electron chi connectivity index (χ0n) is 24.3. The SMILES string of the molecule is CCCCCCCCCCCCCCOc1ccc(/C=C(\C)C(=O)OCC(O)COC(=O)c2cccnc2)cc1. The average Bonchev–Trinajstić information content (AvgIpc) is 2.98. The van der Waals surface area contributed by atoms with E-state index in [1.54, 1.807) is 31.3 Å². The van der Waals surface area contributed by atoms with Crippen molar-refractivity contribution in [2.75, 3.05) is 19.8 Å². The number of benzene rings is 1. The van der Waals surface area contributed by atoms with Gasteiger partial charge in [-0.2, -0.15) is 0 Å². The van der Waals surface area contributed by atoms with Gasteiger partial charge in [0.15, 0.2) is 0 Å². The maximum atomic E-state index is 12.3. The standard InChI is InChI=1S/C33H47NO6/c1-3-4-5-6-7-8-9-10-11-12-13-14-22-38-31-19-17-28(18-20-31)23-27(2)32(36)39-25-30(35)26-40-33(37)29-16-15-21-34-24-29/h15-21,23-24,30,35H,3-14,22,25-26H2,1-2H3/b27-23+. The highest BCUT2D eigenvalue weighted by molar-refractivity contribution is 5.93. The van der Waals surface area contributed by atoms with Crippen LogP contribution in [0.15, 0.2) is 54.4 Å². The summed E-state index contributed by atoms with van der Waals surface area (Å²) >= 11 is 0. The number of nitrogens with zero attached hydrogens (tertiary/aromatic N) is 1. The van der Waals surface area contributed by atoms with Gasteiger partial charge >= 0.3 is 11.9 Å². The number of aliphatic hydroxyl groups is 1. The first-order valence-electron chi connectivity index (χ1n) is 14.8. The molecule has 1 unspecified atom stereocenters. The maximum absolute atomic E-state index is 12.3. The highest BCUT2D eigenvalue weighted by Gasteiger charge is 2.14. The molecular weight excluding hydrogens is 506 g/mol. The highest BCUT2D eigenvalue weighted by atomic mass is 16.6. The van der Waals surface area contributed by atoms with Crippen molar-refractivity contribution in [1.82, 2.24) is 4.98 Å². The number of esters is 2. The summed E-state index contributed by atoms with van der Waals surface area (Å²) < 4.78 is 16.0. The molecule has 0 bridgehead atoms. The van der Waals surface area contributed by atoms with E-state index in [1.807, 2.05) is 24.3 Å². The van der Waals surface area contributed by atoms with Crippen molar-refractivity contribution >= 4 is 18.0 Å². The Balaban J connectivity index is 1.55. The van der Waals surface area contributed by atoms with E-state index in [0.29, 0.717) is 12.2 Å². The Hall–Kier alpha value is -3.19. The first kappa shape index (κ1) is 33.0. The first-order chi connectivity index (χ1) is 19.5. The minimum atomic E-state index is -1.13. The normalized spacial score (nSPS) is 12.1. The number of aromatic nitrogens is 1. The lowest BCUT2D eigenvalue weighted by atomic mass is 10.1. The lowest BCUT2D eigenvalue weighted by Crippen LogP contribution is -2.25. The predicted molar refractivity (Wildman–Crippen MR) is 158 cm³/mol. The molecule has 220 valence electrons. The molecule has 0 spiro atoms. The number of hydrogen-bond acceptors (Lipinski definition) is 7. The zero-order chi connectivity index (χ0) is 28.8. The van der Waals surface area contributed by atoms with Crippen LogP contribution in [-0.2, 0) is 14.3 Å². The van der Waals surface area contributed by atoms with Crippen LogP contribution in [-0.4, -0.2) is 48.0 Å². The van der Waals surface area contributed by atoms with Crippen LogP contribution >= 0.6 is 0 Å². The second kappa shape index (κ2) is 20.7. The molecule has 1 aromatic carbocycles. The van der Waals surface area contributed by atoms with E-state index in [-0.39, 0.29) is 18.8 Å². The van der Waals surface area contributed by atoms with Crippen molar-refractivity contribution in [2.24, 2.45) is 0 Å². The van der Waals surface area contributed by atoms with Gasteiger partial charge in [-0.3, -0.25) is 4.98 Å². The second-order valence-electron chi connectivity index (χ2n) is 10.2. The predicted octanol–water partition coefficient (Wildman–Crippen LogP) is 7.33. The summed E-state index contributed by atoms with van der Waals surface area (Å²) in [4.78, 5) is 28.0. The summed E-state index contributed by atoms with van der Waals surface area (Å²) in [5.74, 6) is -0.342. The zero-order valence-corrected chi connectivity index (χ0v) is 24.3. The molecule has 2 aromatic rings. The Kier molecular flexibility index (Phi) is 17.1. The van der Waals surface area contributed by atoms with Gasteiger partial charge < -0.3 is 19.3 Å². The molecule has 0 saturated carbocycles. The maximum Gasteiger partial charge on any atom is 0.339 e. The summed E-state index contributed by atoms with van der Waals surface area (Å²) in [7, 11) is 0. The smallest absolute Gasteiger partial charge is 0.339 e. The fourth-order valence-corrected chi connectivity index (χ4v) is 4.17. The Morgan fingerprint density at radius 2 is 1.45 bits per heavy atom. The van der Waals surface area contributed by atoms with E-state index in [0.717, 1.165) is 17.7 Å². The van der Waals surface area contributed by atoms with Crippen LogP contribution in [0.5, 0.6) is 5.75 Å². The summed E-state index contributed by atoms with van der Waals surface area (Å²) in [6.07, 6.45) is 19.3. The average molecular weight is 554 g/mol. The lowest BCUT2D eigenvalue weighted by Gasteiger charge is -2.12. The van der Waals surface area contributed by atoms with Crippen molar-refractivity contribution in [3.05, 3.63) is 65.5 Å². The summed E-state index contributed by atoms with van der Waals surface area (Å²) in [5, 5.41) is 9.99. The van der Waals surface area contributed by atoms with Gasteiger partial charge in [0.2, 0.25) is 0 Å². The lowest BCUT2D eigenvalue weighted by molar-refractivity contribution is -0.142. The number of hydrogen-bond donors (Lipinski definition) is 1. The Morgan fingerprint density at radius 1 is 0.850 bits per heavy atom. The largest absolute Gasteiger partial charge is 0.494 e. The van der Waals surface area contributed by atoms with Crippen molar-refractivity contribution in [1.29, 1.82) is 0 Å². The fourth-order valence-electron chi connectivity index (χ4n) is 4.17. The summed E-state index contributed by atoms with van der Waals surface area (Å²) in [6, 6.07) is 10.7. The van der Waals surface area contributed by atoms with E-state index < -0.39 is 18.0 Å². The number of aliphatic hydroxyl groups excluding tert-OH is 1. The van der Waals surface area contributed by atoms with E-state index >= 15 is 0 Å². The van der Waals surface area contributed by atoms with Crippen LogP contribution in [0.4, 0.5) is 0 Å². The third-order valence-corrected chi connectivity index (χ3v) is 6.56. The van der Waals surface area contributed by atoms with E-state index in [4.69, 9.17) is 14.2 Å². The molecule has 0 aliphatic carbocycles. The van der Waals surface area contributed by atoms with Gasteiger partial charge in [0.25, 0.3) is 0 Å². The minimum Gasteiger partial charge on any atom is -0.494 e. The molecular formula is C33H47NO6. The Morgan fingerprint density at radius 3 is 2.05 bits per heavy atom. The molecule has 1 aromatic heterocycles. The first-order valence-corrected chi connectivity index (χ1v) is 14.8. The molecule has 1 heterocycles. The number of ether oxygens (including phenoxy) is 3. The van der Waals surface area contributed by atoms with Gasteiger partial charge in [0.05, 0.1) is 12.2 Å². The fraction of sp³-hybridized carbons (Fsp3) is 0.545. The van der Waals surface area contributed by atoms with Crippen LogP contribution in [0.3, 0.4) is 0 Å². The molecule has 1 atom stereocenters. The third-order valence-electron chi connectivity index (χ3n) is 6.56. The van der Waals surface area contributed by atoms with E-state index in [1.165, 1.54) is 76.8 Å². The molecule has 2 rings (SSSR count). The number of carbonyl (C=O) groups is 2. The molecule has 0 amide bonds. The van der Waals surface area contributed by atoms with Crippen molar-refractivity contribution < 1.29 is 28.9 Å². The van der Waals surface area contributed by atoms with Gasteiger partial charge in [-0.15, -0.1) is 0 Å². The molecule has 0 aliphatic rings. The van der Waals surface area contributed by atoms with Crippen LogP contribution in [0.25, 0.3) is 6.08 Å². The highest BCUT2D eigenvalue weighted by Crippen LogP contribution is 2.16. The van der Waals surface area contributed by atoms with E-state index in [9.17, 15) is 14.7 Å². The summed E-state index contributed by atoms with van der Waals surface area (Å²) in [6.45, 7) is 4.05. The number of pyridine rings is 1. The van der Waals surface area contributed by atoms with Crippen molar-refractivity contribution in [3.63, 3.8) is 0 Å². The molecule has 1 N–H and O–H groups in total. The van der Waals surface area contributed by atoms with Crippen LogP contribution in [0.2, 0.25) is 0 Å². The number of rotatable bonds is 21. The van der Waals surface area contributed by atoms with Crippen molar-refractivity contribution in [3.8, 4) is 5.75 Å². The second-order valence-corrected chi connectivity index (χ2v) is 10.2.